The minimum Gasteiger partial charge on any atom is -0.312 e. The third-order valence-corrected chi connectivity index (χ3v) is 6.03. The van der Waals surface area contributed by atoms with Gasteiger partial charge in [0.05, 0.1) is 5.41 Å². The summed E-state index contributed by atoms with van der Waals surface area (Å²) in [5.74, 6) is -0.553. The molecular weight excluding hydrogens is 369 g/mol. The van der Waals surface area contributed by atoms with E-state index in [1.807, 2.05) is 13.0 Å². The Balaban J connectivity index is 1.47. The zero-order chi connectivity index (χ0) is 20.4. The molecule has 5 nitrogen and oxygen atoms in total. The number of aryl methyl sites for hydroxylation is 1. The Morgan fingerprint density at radius 2 is 2.10 bits per heavy atom. The summed E-state index contributed by atoms with van der Waals surface area (Å²) in [6.07, 6.45) is 5.78. The first-order valence-corrected chi connectivity index (χ1v) is 10.1. The molecule has 0 N–H and O–H groups in total. The molecule has 29 heavy (non-hydrogen) atoms. The number of amides is 2. The topological polar surface area (TPSA) is 62.6 Å². The average molecular weight is 393 g/mol. The Morgan fingerprint density at radius 3 is 2.90 bits per heavy atom. The maximum absolute atomic E-state index is 13.6. The van der Waals surface area contributed by atoms with E-state index < -0.39 is 5.41 Å². The van der Waals surface area contributed by atoms with Crippen molar-refractivity contribution in [3.63, 3.8) is 0 Å². The standard InChI is InChI=1S/C23H24FN3O2/c1-16-5-2-9-20(26-16)21(28)25-15-17-6-4-10-23(14-17)11-12-27(22(23)29)19-8-3-7-18(24)13-19/h2-3,5,7-9,13,15,17H,4,6,10-12,14H2,1H3/t17?,23-/m1/s1. The molecule has 2 aromatic rings. The van der Waals surface area contributed by atoms with E-state index in [-0.39, 0.29) is 23.5 Å². The van der Waals surface area contributed by atoms with Crippen molar-refractivity contribution in [2.24, 2.45) is 16.3 Å². The van der Waals surface area contributed by atoms with Gasteiger partial charge in [0, 0.05) is 24.1 Å². The van der Waals surface area contributed by atoms with Crippen LogP contribution in [0.1, 0.15) is 48.3 Å². The number of rotatable bonds is 3. The molecule has 4 rings (SSSR count). The summed E-state index contributed by atoms with van der Waals surface area (Å²) < 4.78 is 13.6. The maximum Gasteiger partial charge on any atom is 0.295 e. The number of carbonyl (C=O) groups is 2. The van der Waals surface area contributed by atoms with Crippen LogP contribution < -0.4 is 4.90 Å². The predicted molar refractivity (Wildman–Crippen MR) is 110 cm³/mol. The second kappa shape index (κ2) is 7.85. The highest BCUT2D eigenvalue weighted by Gasteiger charge is 2.49. The van der Waals surface area contributed by atoms with Crippen LogP contribution in [-0.2, 0) is 4.79 Å². The van der Waals surface area contributed by atoms with Gasteiger partial charge in [-0.1, -0.05) is 18.6 Å². The number of nitrogens with zero attached hydrogens (tertiary/aromatic N) is 3. The van der Waals surface area contributed by atoms with Crippen LogP contribution in [0.5, 0.6) is 0 Å². The molecule has 1 spiro atoms. The lowest BCUT2D eigenvalue weighted by Gasteiger charge is -2.35. The maximum atomic E-state index is 13.6. The molecule has 1 aliphatic heterocycles. The molecule has 1 saturated heterocycles. The first-order chi connectivity index (χ1) is 14.0. The number of anilines is 1. The Bertz CT molecular complexity index is 974. The second-order valence-electron chi connectivity index (χ2n) is 8.07. The van der Waals surface area contributed by atoms with Gasteiger partial charge < -0.3 is 4.90 Å². The van der Waals surface area contributed by atoms with Crippen LogP contribution in [0.25, 0.3) is 0 Å². The smallest absolute Gasteiger partial charge is 0.295 e. The minimum atomic E-state index is -0.439. The summed E-state index contributed by atoms with van der Waals surface area (Å²) in [7, 11) is 0. The van der Waals surface area contributed by atoms with Gasteiger partial charge in [-0.2, -0.15) is 0 Å². The molecule has 2 heterocycles. The Hall–Kier alpha value is -2.89. The molecule has 6 heteroatoms. The minimum absolute atomic E-state index is 0.0628. The largest absolute Gasteiger partial charge is 0.312 e. The number of aliphatic imine (C=N–C) groups is 1. The van der Waals surface area contributed by atoms with Crippen molar-refractivity contribution in [1.29, 1.82) is 0 Å². The second-order valence-corrected chi connectivity index (χ2v) is 8.07. The van der Waals surface area contributed by atoms with Crippen LogP contribution in [0, 0.1) is 24.1 Å². The van der Waals surface area contributed by atoms with Crippen molar-refractivity contribution in [2.45, 2.75) is 39.0 Å². The van der Waals surface area contributed by atoms with Crippen molar-refractivity contribution in [1.82, 2.24) is 4.98 Å². The van der Waals surface area contributed by atoms with Crippen LogP contribution >= 0.6 is 0 Å². The van der Waals surface area contributed by atoms with E-state index in [4.69, 9.17) is 0 Å². The van der Waals surface area contributed by atoms with Gasteiger partial charge in [0.1, 0.15) is 11.5 Å². The van der Waals surface area contributed by atoms with E-state index in [1.54, 1.807) is 35.4 Å². The normalized spacial score (nSPS) is 24.6. The van der Waals surface area contributed by atoms with Crippen LogP contribution in [-0.4, -0.2) is 29.6 Å². The zero-order valence-electron chi connectivity index (χ0n) is 16.5. The summed E-state index contributed by atoms with van der Waals surface area (Å²) in [6.45, 7) is 2.43. The Kier molecular flexibility index (Phi) is 5.26. The quantitative estimate of drug-likeness (QED) is 0.728. The molecular formula is C23H24FN3O2. The predicted octanol–water partition coefficient (Wildman–Crippen LogP) is 4.35. The molecule has 1 unspecified atom stereocenters. The fourth-order valence-corrected chi connectivity index (χ4v) is 4.57. The average Bonchev–Trinajstić information content (AvgIpc) is 3.02. The van der Waals surface area contributed by atoms with Gasteiger partial charge in [0.2, 0.25) is 5.91 Å². The molecule has 2 fully saturated rings. The summed E-state index contributed by atoms with van der Waals surface area (Å²) in [4.78, 5) is 35.6. The van der Waals surface area contributed by atoms with E-state index in [1.165, 1.54) is 12.1 Å². The van der Waals surface area contributed by atoms with Crippen LogP contribution in [0.3, 0.4) is 0 Å². The zero-order valence-corrected chi connectivity index (χ0v) is 16.5. The highest BCUT2D eigenvalue weighted by molar-refractivity contribution is 6.00. The van der Waals surface area contributed by atoms with E-state index in [0.29, 0.717) is 24.3 Å². The highest BCUT2D eigenvalue weighted by Crippen LogP contribution is 2.47. The third kappa shape index (κ3) is 3.97. The molecule has 1 aromatic heterocycles. The van der Waals surface area contributed by atoms with Crippen LogP contribution in [0.2, 0.25) is 0 Å². The number of hydrogen-bond donors (Lipinski definition) is 0. The van der Waals surface area contributed by atoms with Crippen molar-refractivity contribution in [2.75, 3.05) is 11.4 Å². The summed E-state index contributed by atoms with van der Waals surface area (Å²) in [5, 5.41) is 0. The lowest BCUT2D eigenvalue weighted by Crippen LogP contribution is -2.38. The van der Waals surface area contributed by atoms with E-state index in [0.717, 1.165) is 31.4 Å². The molecule has 2 atom stereocenters. The van der Waals surface area contributed by atoms with Gasteiger partial charge in [0.15, 0.2) is 0 Å². The number of hydrogen-bond acceptors (Lipinski definition) is 3. The van der Waals surface area contributed by atoms with Crippen molar-refractivity contribution >= 4 is 23.7 Å². The molecule has 0 bridgehead atoms. The lowest BCUT2D eigenvalue weighted by molar-refractivity contribution is -0.127. The summed E-state index contributed by atoms with van der Waals surface area (Å²) in [5.41, 5.74) is 1.28. The number of pyridine rings is 1. The monoisotopic (exact) mass is 393 g/mol. The van der Waals surface area contributed by atoms with Gasteiger partial charge >= 0.3 is 0 Å². The number of aromatic nitrogens is 1. The number of halogens is 1. The molecule has 1 aromatic carbocycles. The van der Waals surface area contributed by atoms with E-state index in [2.05, 4.69) is 9.98 Å². The van der Waals surface area contributed by atoms with Crippen molar-refractivity contribution in [3.8, 4) is 0 Å². The molecule has 150 valence electrons. The first-order valence-electron chi connectivity index (χ1n) is 10.1. The lowest BCUT2D eigenvalue weighted by atomic mass is 9.69. The van der Waals surface area contributed by atoms with Gasteiger partial charge in [-0.05, 0) is 68.9 Å². The van der Waals surface area contributed by atoms with E-state index >= 15 is 0 Å². The fourth-order valence-electron chi connectivity index (χ4n) is 4.57. The molecule has 1 saturated carbocycles. The first kappa shape index (κ1) is 19.4. The van der Waals surface area contributed by atoms with Crippen molar-refractivity contribution in [3.05, 3.63) is 59.7 Å². The van der Waals surface area contributed by atoms with Gasteiger partial charge in [-0.3, -0.25) is 9.59 Å². The van der Waals surface area contributed by atoms with Crippen molar-refractivity contribution < 1.29 is 14.0 Å². The molecule has 1 aliphatic carbocycles. The highest BCUT2D eigenvalue weighted by atomic mass is 19.1. The summed E-state index contributed by atoms with van der Waals surface area (Å²) >= 11 is 0. The van der Waals surface area contributed by atoms with Crippen LogP contribution in [0.15, 0.2) is 47.5 Å². The Morgan fingerprint density at radius 1 is 1.28 bits per heavy atom. The molecule has 2 aliphatic rings. The van der Waals surface area contributed by atoms with Gasteiger partial charge in [-0.25, -0.2) is 14.4 Å². The summed E-state index contributed by atoms with van der Waals surface area (Å²) in [6, 6.07) is 11.5. The SMILES string of the molecule is Cc1cccc(C(=O)N=CC2CCC[C@@]3(CCN(c4cccc(F)c4)C3=O)C2)n1. The van der Waals surface area contributed by atoms with Gasteiger partial charge in [-0.15, -0.1) is 0 Å². The molecule has 2 amide bonds. The fraction of sp³-hybridized carbons (Fsp3) is 0.391. The van der Waals surface area contributed by atoms with Crippen LogP contribution in [0.4, 0.5) is 10.1 Å². The van der Waals surface area contributed by atoms with E-state index in [9.17, 15) is 14.0 Å². The number of carbonyl (C=O) groups excluding carboxylic acids is 2. The Labute approximate surface area is 169 Å². The molecule has 0 radical (unpaired) electrons. The third-order valence-electron chi connectivity index (χ3n) is 6.03. The van der Waals surface area contributed by atoms with Gasteiger partial charge in [0.25, 0.3) is 5.91 Å². The number of benzene rings is 1.